The van der Waals surface area contributed by atoms with Gasteiger partial charge in [0.25, 0.3) is 0 Å². The zero-order valence-corrected chi connectivity index (χ0v) is 13.9. The summed E-state index contributed by atoms with van der Waals surface area (Å²) in [6.07, 6.45) is 6.93. The van der Waals surface area contributed by atoms with E-state index in [-0.39, 0.29) is 23.3 Å². The maximum absolute atomic E-state index is 12.9. The molecule has 2 atom stereocenters. The molecule has 0 aromatic heterocycles. The van der Waals surface area contributed by atoms with Crippen LogP contribution in [0.2, 0.25) is 0 Å². The summed E-state index contributed by atoms with van der Waals surface area (Å²) >= 11 is 0. The van der Waals surface area contributed by atoms with Crippen molar-refractivity contribution in [1.29, 1.82) is 0 Å². The van der Waals surface area contributed by atoms with Crippen LogP contribution in [0.15, 0.2) is 0 Å². The number of hydrogen-bond acceptors (Lipinski definition) is 2. The lowest BCUT2D eigenvalue weighted by Gasteiger charge is -2.44. The fourth-order valence-electron chi connectivity index (χ4n) is 3.62. The number of piperazine rings is 1. The zero-order chi connectivity index (χ0) is 15.6. The first-order chi connectivity index (χ1) is 9.84. The first-order valence-corrected chi connectivity index (χ1v) is 8.45. The normalized spacial score (nSPS) is 28.7. The number of amides is 2. The SMILES string of the molecule is CCC1C(=O)NC(C(C)(C)C)C(=O)N1CC1CCCCC1. The van der Waals surface area contributed by atoms with E-state index in [9.17, 15) is 9.59 Å². The fraction of sp³-hybridized carbons (Fsp3) is 0.882. The summed E-state index contributed by atoms with van der Waals surface area (Å²) in [5, 5.41) is 2.94. The molecule has 120 valence electrons. The van der Waals surface area contributed by atoms with E-state index in [0.29, 0.717) is 12.3 Å². The smallest absolute Gasteiger partial charge is 0.246 e. The maximum Gasteiger partial charge on any atom is 0.246 e. The lowest BCUT2D eigenvalue weighted by atomic mass is 9.82. The van der Waals surface area contributed by atoms with Gasteiger partial charge >= 0.3 is 0 Å². The first kappa shape index (κ1) is 16.3. The number of carbonyl (C=O) groups is 2. The summed E-state index contributed by atoms with van der Waals surface area (Å²) in [7, 11) is 0. The monoisotopic (exact) mass is 294 g/mol. The van der Waals surface area contributed by atoms with Crippen LogP contribution in [0.25, 0.3) is 0 Å². The van der Waals surface area contributed by atoms with E-state index in [0.717, 1.165) is 6.54 Å². The lowest BCUT2D eigenvalue weighted by Crippen LogP contribution is -2.67. The molecule has 2 unspecified atom stereocenters. The lowest BCUT2D eigenvalue weighted by molar-refractivity contribution is -0.153. The van der Waals surface area contributed by atoms with Crippen molar-refractivity contribution < 1.29 is 9.59 Å². The molecule has 0 aromatic carbocycles. The molecule has 1 heterocycles. The summed E-state index contributed by atoms with van der Waals surface area (Å²) in [5.74, 6) is 0.704. The van der Waals surface area contributed by atoms with Crippen molar-refractivity contribution in [3.05, 3.63) is 0 Å². The Morgan fingerprint density at radius 2 is 1.76 bits per heavy atom. The van der Waals surface area contributed by atoms with Crippen LogP contribution in [0, 0.1) is 11.3 Å². The molecular formula is C17H30N2O2. The van der Waals surface area contributed by atoms with Crippen molar-refractivity contribution in [1.82, 2.24) is 10.2 Å². The molecule has 1 saturated heterocycles. The Kier molecular flexibility index (Phi) is 4.95. The Labute approximate surface area is 128 Å². The van der Waals surface area contributed by atoms with E-state index in [1.54, 1.807) is 0 Å². The van der Waals surface area contributed by atoms with Crippen LogP contribution in [0.1, 0.15) is 66.2 Å². The molecule has 0 aromatic rings. The second-order valence-corrected chi connectivity index (χ2v) is 7.73. The van der Waals surface area contributed by atoms with Crippen molar-refractivity contribution in [2.45, 2.75) is 78.3 Å². The number of nitrogens with one attached hydrogen (secondary N) is 1. The second kappa shape index (κ2) is 6.37. The van der Waals surface area contributed by atoms with Gasteiger partial charge in [-0.2, -0.15) is 0 Å². The van der Waals surface area contributed by atoms with E-state index in [2.05, 4.69) is 5.32 Å². The third-order valence-electron chi connectivity index (χ3n) is 4.93. The predicted molar refractivity (Wildman–Crippen MR) is 83.8 cm³/mol. The van der Waals surface area contributed by atoms with Crippen LogP contribution in [0.3, 0.4) is 0 Å². The van der Waals surface area contributed by atoms with Gasteiger partial charge in [0, 0.05) is 6.54 Å². The fourth-order valence-corrected chi connectivity index (χ4v) is 3.62. The highest BCUT2D eigenvalue weighted by Crippen LogP contribution is 2.30. The first-order valence-electron chi connectivity index (χ1n) is 8.45. The molecule has 1 N–H and O–H groups in total. The molecule has 0 bridgehead atoms. The summed E-state index contributed by atoms with van der Waals surface area (Å²) in [6.45, 7) is 8.79. The molecular weight excluding hydrogens is 264 g/mol. The van der Waals surface area contributed by atoms with E-state index in [4.69, 9.17) is 0 Å². The molecule has 1 aliphatic carbocycles. The van der Waals surface area contributed by atoms with E-state index in [1.807, 2.05) is 32.6 Å². The van der Waals surface area contributed by atoms with Gasteiger partial charge in [-0.05, 0) is 30.6 Å². The van der Waals surface area contributed by atoms with Crippen LogP contribution in [-0.4, -0.2) is 35.3 Å². The Bertz CT molecular complexity index is 394. The van der Waals surface area contributed by atoms with Crippen molar-refractivity contribution in [2.24, 2.45) is 11.3 Å². The molecule has 2 rings (SSSR count). The molecule has 21 heavy (non-hydrogen) atoms. The largest absolute Gasteiger partial charge is 0.342 e. The number of hydrogen-bond donors (Lipinski definition) is 1. The van der Waals surface area contributed by atoms with Crippen LogP contribution in [0.5, 0.6) is 0 Å². The average molecular weight is 294 g/mol. The Hall–Kier alpha value is -1.06. The zero-order valence-electron chi connectivity index (χ0n) is 13.9. The topological polar surface area (TPSA) is 49.4 Å². The molecule has 1 aliphatic heterocycles. The molecule has 2 amide bonds. The average Bonchev–Trinajstić information content (AvgIpc) is 2.42. The highest BCUT2D eigenvalue weighted by molar-refractivity contribution is 5.97. The van der Waals surface area contributed by atoms with Crippen LogP contribution in [-0.2, 0) is 9.59 Å². The van der Waals surface area contributed by atoms with Crippen molar-refractivity contribution in [3.8, 4) is 0 Å². The van der Waals surface area contributed by atoms with Gasteiger partial charge in [-0.15, -0.1) is 0 Å². The third-order valence-corrected chi connectivity index (χ3v) is 4.93. The Morgan fingerprint density at radius 1 is 1.14 bits per heavy atom. The maximum atomic E-state index is 12.9. The predicted octanol–water partition coefficient (Wildman–Crippen LogP) is 2.72. The van der Waals surface area contributed by atoms with Gasteiger partial charge in [-0.3, -0.25) is 9.59 Å². The van der Waals surface area contributed by atoms with Crippen LogP contribution >= 0.6 is 0 Å². The molecule has 0 radical (unpaired) electrons. The summed E-state index contributed by atoms with van der Waals surface area (Å²) in [5.41, 5.74) is -0.240. The quantitative estimate of drug-likeness (QED) is 0.870. The van der Waals surface area contributed by atoms with Crippen LogP contribution in [0.4, 0.5) is 0 Å². The molecule has 0 spiro atoms. The van der Waals surface area contributed by atoms with Gasteiger partial charge in [0.2, 0.25) is 11.8 Å². The minimum Gasteiger partial charge on any atom is -0.342 e. The molecule has 4 nitrogen and oxygen atoms in total. The second-order valence-electron chi connectivity index (χ2n) is 7.73. The van der Waals surface area contributed by atoms with Gasteiger partial charge in [0.15, 0.2) is 0 Å². The minimum atomic E-state index is -0.392. The number of nitrogens with zero attached hydrogens (tertiary/aromatic N) is 1. The number of carbonyl (C=O) groups excluding carboxylic acids is 2. The molecule has 1 saturated carbocycles. The van der Waals surface area contributed by atoms with E-state index < -0.39 is 6.04 Å². The highest BCUT2D eigenvalue weighted by Gasteiger charge is 2.44. The summed E-state index contributed by atoms with van der Waals surface area (Å²) in [6, 6.07) is -0.672. The van der Waals surface area contributed by atoms with Gasteiger partial charge in [0.1, 0.15) is 12.1 Å². The number of rotatable bonds is 3. The van der Waals surface area contributed by atoms with Gasteiger partial charge in [-0.1, -0.05) is 47.0 Å². The van der Waals surface area contributed by atoms with Gasteiger partial charge in [-0.25, -0.2) is 0 Å². The van der Waals surface area contributed by atoms with Crippen LogP contribution < -0.4 is 5.32 Å². The van der Waals surface area contributed by atoms with E-state index in [1.165, 1.54) is 32.1 Å². The van der Waals surface area contributed by atoms with Crippen molar-refractivity contribution in [2.75, 3.05) is 6.54 Å². The minimum absolute atomic E-state index is 0.0211. The van der Waals surface area contributed by atoms with Crippen molar-refractivity contribution >= 4 is 11.8 Å². The van der Waals surface area contributed by atoms with Crippen molar-refractivity contribution in [3.63, 3.8) is 0 Å². The molecule has 4 heteroatoms. The third kappa shape index (κ3) is 3.58. The molecule has 2 fully saturated rings. The summed E-state index contributed by atoms with van der Waals surface area (Å²) in [4.78, 5) is 27.1. The standard InChI is InChI=1S/C17H30N2O2/c1-5-13-15(20)18-14(17(2,3)4)16(21)19(13)11-12-9-7-6-8-10-12/h12-14H,5-11H2,1-4H3,(H,18,20). The van der Waals surface area contributed by atoms with Gasteiger partial charge in [0.05, 0.1) is 0 Å². The molecule has 2 aliphatic rings. The van der Waals surface area contributed by atoms with Gasteiger partial charge < -0.3 is 10.2 Å². The summed E-state index contributed by atoms with van der Waals surface area (Å²) < 4.78 is 0. The Balaban J connectivity index is 2.16. The Morgan fingerprint density at radius 3 is 2.29 bits per heavy atom. The van der Waals surface area contributed by atoms with E-state index >= 15 is 0 Å². The highest BCUT2D eigenvalue weighted by atomic mass is 16.2.